The Labute approximate surface area is 110 Å². The van der Waals surface area contributed by atoms with Gasteiger partial charge in [-0.15, -0.1) is 11.3 Å². The van der Waals surface area contributed by atoms with E-state index in [1.54, 1.807) is 17.4 Å². The summed E-state index contributed by atoms with van der Waals surface area (Å²) in [6.07, 6.45) is 0. The van der Waals surface area contributed by atoms with Crippen LogP contribution in [-0.2, 0) is 6.54 Å². The molecule has 0 saturated carbocycles. The molecular formula is C12H16N4OS. The number of hydrogen-bond acceptors (Lipinski definition) is 5. The molecule has 0 aromatic carbocycles. The maximum atomic E-state index is 11.5. The molecule has 0 unspecified atom stereocenters. The van der Waals surface area contributed by atoms with E-state index in [0.717, 1.165) is 16.5 Å². The second kappa shape index (κ2) is 5.30. The molecule has 5 nitrogen and oxygen atoms in total. The smallest absolute Gasteiger partial charge is 0.266 e. The minimum atomic E-state index is -0.0861. The molecule has 0 radical (unpaired) electrons. The summed E-state index contributed by atoms with van der Waals surface area (Å²) in [5.74, 6) is 0. The molecule has 96 valence electrons. The Balaban J connectivity index is 2.31. The topological polar surface area (TPSA) is 59.8 Å². The molecule has 0 aliphatic heterocycles. The number of nitrogens with zero attached hydrogens (tertiary/aromatic N) is 3. The third kappa shape index (κ3) is 2.76. The van der Waals surface area contributed by atoms with Crippen molar-refractivity contribution in [2.45, 2.75) is 33.4 Å². The molecule has 0 bridgehead atoms. The fraction of sp³-hybridized carbons (Fsp3) is 0.417. The van der Waals surface area contributed by atoms with Crippen molar-refractivity contribution >= 4 is 16.5 Å². The number of hydrogen-bond donors (Lipinski definition) is 1. The van der Waals surface area contributed by atoms with Gasteiger partial charge in [-0.25, -0.2) is 9.67 Å². The largest absolute Gasteiger partial charge is 0.359 e. The maximum Gasteiger partial charge on any atom is 0.266 e. The van der Waals surface area contributed by atoms with Crippen molar-refractivity contribution in [3.05, 3.63) is 27.9 Å². The van der Waals surface area contributed by atoms with E-state index in [9.17, 15) is 4.79 Å². The first-order valence-electron chi connectivity index (χ1n) is 5.90. The first-order chi connectivity index (χ1) is 8.60. The molecule has 0 saturated heterocycles. The molecule has 0 spiro atoms. The molecule has 0 atom stereocenters. The summed E-state index contributed by atoms with van der Waals surface area (Å²) in [5.41, 5.74) is 1.44. The Kier molecular flexibility index (Phi) is 3.76. The van der Waals surface area contributed by atoms with E-state index < -0.39 is 0 Å². The van der Waals surface area contributed by atoms with Gasteiger partial charge in [0.15, 0.2) is 5.13 Å². The zero-order valence-electron chi connectivity index (χ0n) is 10.7. The van der Waals surface area contributed by atoms with Crippen LogP contribution < -0.4 is 10.9 Å². The lowest BCUT2D eigenvalue weighted by Gasteiger charge is -2.04. The van der Waals surface area contributed by atoms with Gasteiger partial charge in [0, 0.05) is 24.0 Å². The van der Waals surface area contributed by atoms with Gasteiger partial charge in [0.05, 0.1) is 0 Å². The summed E-state index contributed by atoms with van der Waals surface area (Å²) >= 11 is 1.54. The summed E-state index contributed by atoms with van der Waals surface area (Å²) in [6, 6.07) is 3.59. The fourth-order valence-corrected chi connectivity index (χ4v) is 2.37. The molecular weight excluding hydrogens is 248 g/mol. The predicted octanol–water partition coefficient (Wildman–Crippen LogP) is 2.21. The van der Waals surface area contributed by atoms with Crippen LogP contribution in [0, 0.1) is 0 Å². The van der Waals surface area contributed by atoms with Crippen molar-refractivity contribution < 1.29 is 0 Å². The number of rotatable bonds is 4. The number of anilines is 1. The lowest BCUT2D eigenvalue weighted by molar-refractivity contribution is 0.618. The van der Waals surface area contributed by atoms with Crippen molar-refractivity contribution in [2.24, 2.45) is 0 Å². The SMILES string of the molecule is CCn1nc(-c2csc(NC(C)C)n2)ccc1=O. The van der Waals surface area contributed by atoms with Crippen molar-refractivity contribution in [2.75, 3.05) is 5.32 Å². The molecule has 2 aromatic heterocycles. The van der Waals surface area contributed by atoms with E-state index in [4.69, 9.17) is 0 Å². The third-order valence-corrected chi connectivity index (χ3v) is 3.12. The highest BCUT2D eigenvalue weighted by atomic mass is 32.1. The van der Waals surface area contributed by atoms with Gasteiger partial charge in [-0.05, 0) is 26.8 Å². The first kappa shape index (κ1) is 12.8. The highest BCUT2D eigenvalue weighted by molar-refractivity contribution is 7.14. The van der Waals surface area contributed by atoms with Gasteiger partial charge >= 0.3 is 0 Å². The van der Waals surface area contributed by atoms with Gasteiger partial charge in [0.1, 0.15) is 11.4 Å². The highest BCUT2D eigenvalue weighted by Gasteiger charge is 2.08. The van der Waals surface area contributed by atoms with Crippen LogP contribution in [0.3, 0.4) is 0 Å². The van der Waals surface area contributed by atoms with Crippen LogP contribution in [0.2, 0.25) is 0 Å². The van der Waals surface area contributed by atoms with E-state index in [0.29, 0.717) is 12.6 Å². The highest BCUT2D eigenvalue weighted by Crippen LogP contribution is 2.23. The van der Waals surface area contributed by atoms with E-state index in [1.807, 2.05) is 12.3 Å². The van der Waals surface area contributed by atoms with Crippen LogP contribution in [0.25, 0.3) is 11.4 Å². The second-order valence-corrected chi connectivity index (χ2v) is 5.07. The Morgan fingerprint density at radius 3 is 2.83 bits per heavy atom. The monoisotopic (exact) mass is 264 g/mol. The van der Waals surface area contributed by atoms with Crippen molar-refractivity contribution in [1.82, 2.24) is 14.8 Å². The summed E-state index contributed by atoms with van der Waals surface area (Å²) in [7, 11) is 0. The van der Waals surface area contributed by atoms with Gasteiger partial charge in [0.2, 0.25) is 0 Å². The first-order valence-corrected chi connectivity index (χ1v) is 6.78. The van der Waals surface area contributed by atoms with E-state index >= 15 is 0 Å². The van der Waals surface area contributed by atoms with Gasteiger partial charge < -0.3 is 5.32 Å². The number of nitrogens with one attached hydrogen (secondary N) is 1. The zero-order chi connectivity index (χ0) is 13.1. The molecule has 0 amide bonds. The van der Waals surface area contributed by atoms with Gasteiger partial charge in [0.25, 0.3) is 5.56 Å². The predicted molar refractivity (Wildman–Crippen MR) is 74.0 cm³/mol. The van der Waals surface area contributed by atoms with Crippen LogP contribution in [0.15, 0.2) is 22.3 Å². The van der Waals surface area contributed by atoms with Crippen molar-refractivity contribution in [3.63, 3.8) is 0 Å². The van der Waals surface area contributed by atoms with Crippen LogP contribution in [0.1, 0.15) is 20.8 Å². The molecule has 18 heavy (non-hydrogen) atoms. The Morgan fingerprint density at radius 1 is 1.39 bits per heavy atom. The average Bonchev–Trinajstić information content (AvgIpc) is 2.77. The summed E-state index contributed by atoms with van der Waals surface area (Å²) in [5, 5.41) is 10.3. The van der Waals surface area contributed by atoms with Gasteiger partial charge in [-0.3, -0.25) is 4.79 Å². The Bertz CT molecular complexity index is 588. The number of aromatic nitrogens is 3. The van der Waals surface area contributed by atoms with Crippen molar-refractivity contribution in [3.8, 4) is 11.4 Å². The fourth-order valence-electron chi connectivity index (χ4n) is 1.52. The molecule has 0 fully saturated rings. The molecule has 2 rings (SSSR count). The zero-order valence-corrected chi connectivity index (χ0v) is 11.5. The normalized spacial score (nSPS) is 10.9. The quantitative estimate of drug-likeness (QED) is 0.919. The summed E-state index contributed by atoms with van der Waals surface area (Å²) in [4.78, 5) is 15.9. The van der Waals surface area contributed by atoms with Crippen LogP contribution >= 0.6 is 11.3 Å². The van der Waals surface area contributed by atoms with E-state index in [2.05, 4.69) is 29.2 Å². The van der Waals surface area contributed by atoms with Crippen molar-refractivity contribution in [1.29, 1.82) is 0 Å². The molecule has 0 aliphatic rings. The van der Waals surface area contributed by atoms with Crippen LogP contribution in [-0.4, -0.2) is 20.8 Å². The van der Waals surface area contributed by atoms with E-state index in [1.165, 1.54) is 10.7 Å². The standard InChI is InChI=1S/C12H16N4OS/c1-4-16-11(17)6-5-9(15-16)10-7-18-12(14-10)13-8(2)3/h5-8H,4H2,1-3H3,(H,13,14). The maximum absolute atomic E-state index is 11.5. The lowest BCUT2D eigenvalue weighted by atomic mass is 10.3. The molecule has 6 heteroatoms. The Morgan fingerprint density at radius 2 is 2.17 bits per heavy atom. The molecule has 1 N–H and O–H groups in total. The van der Waals surface area contributed by atoms with Gasteiger partial charge in [-0.1, -0.05) is 0 Å². The van der Waals surface area contributed by atoms with Crippen LogP contribution in [0.5, 0.6) is 0 Å². The Hall–Kier alpha value is -1.69. The molecule has 2 heterocycles. The van der Waals surface area contributed by atoms with E-state index in [-0.39, 0.29) is 5.56 Å². The minimum absolute atomic E-state index is 0.0861. The lowest BCUT2D eigenvalue weighted by Crippen LogP contribution is -2.21. The summed E-state index contributed by atoms with van der Waals surface area (Å²) in [6.45, 7) is 6.59. The minimum Gasteiger partial charge on any atom is -0.359 e. The molecule has 2 aromatic rings. The third-order valence-electron chi connectivity index (χ3n) is 2.34. The average molecular weight is 264 g/mol. The number of aryl methyl sites for hydroxylation is 1. The van der Waals surface area contributed by atoms with Gasteiger partial charge in [-0.2, -0.15) is 5.10 Å². The summed E-state index contributed by atoms with van der Waals surface area (Å²) < 4.78 is 1.43. The van der Waals surface area contributed by atoms with Crippen LogP contribution in [0.4, 0.5) is 5.13 Å². The number of thiazole rings is 1. The molecule has 0 aliphatic carbocycles. The second-order valence-electron chi connectivity index (χ2n) is 4.21.